The van der Waals surface area contributed by atoms with E-state index in [9.17, 15) is 14.4 Å². The zero-order valence-electron chi connectivity index (χ0n) is 10.2. The highest BCUT2D eigenvalue weighted by Crippen LogP contribution is 2.20. The van der Waals surface area contributed by atoms with Crippen molar-refractivity contribution in [3.8, 4) is 0 Å². The molecule has 16 heavy (non-hydrogen) atoms. The standard InChI is InChI=1S/C12H20O4/c1-4-12(16-10(3)15)11(7-8-13)6-5-9(2)14/h8,11-12H,4-7H2,1-3H3. The van der Waals surface area contributed by atoms with E-state index in [4.69, 9.17) is 4.74 Å². The second kappa shape index (κ2) is 8.02. The molecule has 0 aromatic heterocycles. The maximum atomic E-state index is 10.9. The molecule has 0 amide bonds. The van der Waals surface area contributed by atoms with Crippen LogP contribution in [-0.2, 0) is 19.1 Å². The van der Waals surface area contributed by atoms with Crippen molar-refractivity contribution in [2.75, 3.05) is 0 Å². The predicted molar refractivity (Wildman–Crippen MR) is 59.9 cm³/mol. The Morgan fingerprint density at radius 2 is 1.94 bits per heavy atom. The lowest BCUT2D eigenvalue weighted by molar-refractivity contribution is -0.150. The Bertz CT molecular complexity index is 247. The Kier molecular flexibility index (Phi) is 7.42. The van der Waals surface area contributed by atoms with Gasteiger partial charge in [-0.3, -0.25) is 4.79 Å². The van der Waals surface area contributed by atoms with Crippen molar-refractivity contribution in [3.05, 3.63) is 0 Å². The smallest absolute Gasteiger partial charge is 0.302 e. The number of esters is 1. The Morgan fingerprint density at radius 1 is 1.31 bits per heavy atom. The monoisotopic (exact) mass is 228 g/mol. The van der Waals surface area contributed by atoms with E-state index in [1.165, 1.54) is 13.8 Å². The quantitative estimate of drug-likeness (QED) is 0.470. The van der Waals surface area contributed by atoms with E-state index >= 15 is 0 Å². The molecule has 0 aliphatic rings. The molecule has 2 unspecified atom stereocenters. The van der Waals surface area contributed by atoms with Crippen LogP contribution in [0.25, 0.3) is 0 Å². The van der Waals surface area contributed by atoms with Crippen LogP contribution in [0.2, 0.25) is 0 Å². The van der Waals surface area contributed by atoms with Gasteiger partial charge in [0.05, 0.1) is 0 Å². The summed E-state index contributed by atoms with van der Waals surface area (Å²) in [5.41, 5.74) is 0. The summed E-state index contributed by atoms with van der Waals surface area (Å²) in [6.07, 6.45) is 2.57. The van der Waals surface area contributed by atoms with Crippen LogP contribution in [0.1, 0.15) is 46.5 Å². The third-order valence-corrected chi connectivity index (χ3v) is 2.51. The summed E-state index contributed by atoms with van der Waals surface area (Å²) in [6.45, 7) is 4.77. The maximum absolute atomic E-state index is 10.9. The number of hydrogen-bond donors (Lipinski definition) is 0. The van der Waals surface area contributed by atoms with Crippen LogP contribution in [0.5, 0.6) is 0 Å². The fourth-order valence-electron chi connectivity index (χ4n) is 1.69. The van der Waals surface area contributed by atoms with E-state index < -0.39 is 0 Å². The van der Waals surface area contributed by atoms with E-state index in [1.807, 2.05) is 6.92 Å². The van der Waals surface area contributed by atoms with Crippen molar-refractivity contribution in [1.82, 2.24) is 0 Å². The van der Waals surface area contributed by atoms with Crippen LogP contribution in [-0.4, -0.2) is 24.1 Å². The van der Waals surface area contributed by atoms with Crippen LogP contribution in [0.15, 0.2) is 0 Å². The summed E-state index contributed by atoms with van der Waals surface area (Å²) >= 11 is 0. The van der Waals surface area contributed by atoms with Gasteiger partial charge < -0.3 is 14.3 Å². The molecule has 0 fully saturated rings. The second-order valence-corrected chi connectivity index (χ2v) is 3.96. The molecule has 0 rings (SSSR count). The van der Waals surface area contributed by atoms with Gasteiger partial charge in [-0.15, -0.1) is 0 Å². The van der Waals surface area contributed by atoms with Gasteiger partial charge in [0.25, 0.3) is 0 Å². The number of hydrogen-bond acceptors (Lipinski definition) is 4. The normalized spacial score (nSPS) is 13.9. The molecule has 0 saturated carbocycles. The summed E-state index contributed by atoms with van der Waals surface area (Å²) in [6, 6.07) is 0. The number of aldehydes is 1. The first-order valence-electron chi connectivity index (χ1n) is 5.61. The average Bonchev–Trinajstić information content (AvgIpc) is 2.20. The van der Waals surface area contributed by atoms with Gasteiger partial charge in [-0.2, -0.15) is 0 Å². The number of rotatable bonds is 8. The van der Waals surface area contributed by atoms with E-state index in [2.05, 4.69) is 0 Å². The number of ether oxygens (including phenoxy) is 1. The van der Waals surface area contributed by atoms with E-state index in [-0.39, 0.29) is 23.8 Å². The van der Waals surface area contributed by atoms with Crippen molar-refractivity contribution in [3.63, 3.8) is 0 Å². The Morgan fingerprint density at radius 3 is 2.31 bits per heavy atom. The number of carbonyl (C=O) groups excluding carboxylic acids is 3. The maximum Gasteiger partial charge on any atom is 0.302 e. The summed E-state index contributed by atoms with van der Waals surface area (Å²) in [4.78, 5) is 32.3. The largest absolute Gasteiger partial charge is 0.462 e. The summed E-state index contributed by atoms with van der Waals surface area (Å²) in [7, 11) is 0. The van der Waals surface area contributed by atoms with Gasteiger partial charge in [-0.05, 0) is 19.8 Å². The lowest BCUT2D eigenvalue weighted by Gasteiger charge is -2.23. The van der Waals surface area contributed by atoms with Gasteiger partial charge in [0, 0.05) is 25.7 Å². The third kappa shape index (κ3) is 6.32. The molecule has 2 atom stereocenters. The molecule has 0 spiro atoms. The van der Waals surface area contributed by atoms with Gasteiger partial charge in [0.15, 0.2) is 0 Å². The molecule has 0 saturated heterocycles. The summed E-state index contributed by atoms with van der Waals surface area (Å²) in [5.74, 6) is -0.297. The van der Waals surface area contributed by atoms with E-state index in [0.717, 1.165) is 6.29 Å². The first kappa shape index (κ1) is 14.8. The fourth-order valence-corrected chi connectivity index (χ4v) is 1.69. The van der Waals surface area contributed by atoms with E-state index in [0.29, 0.717) is 25.7 Å². The number of carbonyl (C=O) groups is 3. The minimum absolute atomic E-state index is 0.0460. The molecular weight excluding hydrogens is 208 g/mol. The highest BCUT2D eigenvalue weighted by molar-refractivity contribution is 5.75. The van der Waals surface area contributed by atoms with Gasteiger partial charge in [-0.25, -0.2) is 0 Å². The fraction of sp³-hybridized carbons (Fsp3) is 0.750. The lowest BCUT2D eigenvalue weighted by atomic mass is 9.91. The highest BCUT2D eigenvalue weighted by atomic mass is 16.5. The van der Waals surface area contributed by atoms with Crippen LogP contribution < -0.4 is 0 Å². The second-order valence-electron chi connectivity index (χ2n) is 3.96. The van der Waals surface area contributed by atoms with Crippen LogP contribution in [0.4, 0.5) is 0 Å². The highest BCUT2D eigenvalue weighted by Gasteiger charge is 2.22. The minimum Gasteiger partial charge on any atom is -0.462 e. The molecule has 4 nitrogen and oxygen atoms in total. The Labute approximate surface area is 96.4 Å². The Hall–Kier alpha value is -1.19. The number of ketones is 1. The summed E-state index contributed by atoms with van der Waals surface area (Å²) < 4.78 is 5.14. The molecule has 0 aliphatic carbocycles. The topological polar surface area (TPSA) is 60.4 Å². The minimum atomic E-state index is -0.342. The van der Waals surface area contributed by atoms with Crippen molar-refractivity contribution in [2.24, 2.45) is 5.92 Å². The molecule has 92 valence electrons. The van der Waals surface area contributed by atoms with Crippen molar-refractivity contribution in [2.45, 2.75) is 52.6 Å². The van der Waals surface area contributed by atoms with Gasteiger partial charge >= 0.3 is 5.97 Å². The zero-order chi connectivity index (χ0) is 12.6. The molecule has 0 N–H and O–H groups in total. The first-order chi connectivity index (χ1) is 7.51. The molecular formula is C12H20O4. The molecule has 0 bridgehead atoms. The van der Waals surface area contributed by atoms with Crippen molar-refractivity contribution >= 4 is 18.0 Å². The SMILES string of the molecule is CCC(OC(C)=O)C(CC=O)CCC(C)=O. The molecule has 0 aromatic carbocycles. The molecule has 0 heterocycles. The average molecular weight is 228 g/mol. The molecule has 4 heteroatoms. The predicted octanol–water partition coefficient (Wildman–Crippen LogP) is 1.90. The summed E-state index contributed by atoms with van der Waals surface area (Å²) in [5, 5.41) is 0. The van der Waals surface area contributed by atoms with Crippen molar-refractivity contribution in [1.29, 1.82) is 0 Å². The zero-order valence-corrected chi connectivity index (χ0v) is 10.2. The number of Topliss-reactive ketones (excluding diaryl/α,β-unsaturated/α-hetero) is 1. The third-order valence-electron chi connectivity index (χ3n) is 2.51. The first-order valence-corrected chi connectivity index (χ1v) is 5.61. The van der Waals surface area contributed by atoms with Crippen LogP contribution in [0, 0.1) is 5.92 Å². The Balaban J connectivity index is 4.38. The molecule has 0 aliphatic heterocycles. The van der Waals surface area contributed by atoms with Crippen molar-refractivity contribution < 1.29 is 19.1 Å². The van der Waals surface area contributed by atoms with Gasteiger partial charge in [-0.1, -0.05) is 6.92 Å². The molecule has 0 radical (unpaired) electrons. The van der Waals surface area contributed by atoms with Crippen LogP contribution >= 0.6 is 0 Å². The van der Waals surface area contributed by atoms with Crippen LogP contribution in [0.3, 0.4) is 0 Å². The van der Waals surface area contributed by atoms with Gasteiger partial charge in [0.1, 0.15) is 18.2 Å². The molecule has 0 aromatic rings. The van der Waals surface area contributed by atoms with Gasteiger partial charge in [0.2, 0.25) is 0 Å². The van der Waals surface area contributed by atoms with E-state index in [1.54, 1.807) is 0 Å². The lowest BCUT2D eigenvalue weighted by Crippen LogP contribution is -2.26.